The van der Waals surface area contributed by atoms with Gasteiger partial charge in [0.25, 0.3) is 0 Å². The Balaban J connectivity index is 2.45. The summed E-state index contributed by atoms with van der Waals surface area (Å²) in [5, 5.41) is 4.25. The molecule has 1 N–H and O–H groups in total. The molecule has 0 saturated heterocycles. The largest absolute Gasteiger partial charge is 0.308 e. The van der Waals surface area contributed by atoms with E-state index in [9.17, 15) is 0 Å². The molecule has 0 aliphatic carbocycles. The minimum absolute atomic E-state index is 0.0788. The molecule has 0 bridgehead atoms. The van der Waals surface area contributed by atoms with E-state index in [1.807, 2.05) is 19.2 Å². The van der Waals surface area contributed by atoms with E-state index in [0.29, 0.717) is 10.0 Å². The van der Waals surface area contributed by atoms with Crippen molar-refractivity contribution in [3.8, 4) is 0 Å². The minimum Gasteiger partial charge on any atom is -0.308 e. The zero-order valence-corrected chi connectivity index (χ0v) is 10.8. The number of rotatable bonds is 3. The van der Waals surface area contributed by atoms with Crippen molar-refractivity contribution in [3.05, 3.63) is 45.7 Å². The van der Waals surface area contributed by atoms with Crippen molar-refractivity contribution >= 4 is 34.9 Å². The molecule has 1 unspecified atom stereocenters. The van der Waals surface area contributed by atoms with Crippen LogP contribution in [0.1, 0.15) is 17.3 Å². The topological polar surface area (TPSA) is 37.8 Å². The summed E-state index contributed by atoms with van der Waals surface area (Å²) in [4.78, 5) is 0. The molecule has 2 rings (SSSR count). The summed E-state index contributed by atoms with van der Waals surface area (Å²) in [5.41, 5.74) is 1.75. The van der Waals surface area contributed by atoms with Crippen LogP contribution in [0.4, 0.5) is 0 Å². The predicted octanol–water partition coefficient (Wildman–Crippen LogP) is 3.15. The van der Waals surface area contributed by atoms with Crippen molar-refractivity contribution in [2.45, 2.75) is 6.04 Å². The van der Waals surface area contributed by atoms with Crippen LogP contribution < -0.4 is 5.32 Å². The van der Waals surface area contributed by atoms with Gasteiger partial charge in [0.1, 0.15) is 0 Å². The lowest BCUT2D eigenvalue weighted by Gasteiger charge is -2.15. The number of nitrogens with one attached hydrogen (secondary N) is 1. The van der Waals surface area contributed by atoms with Gasteiger partial charge in [-0.2, -0.15) is 8.75 Å². The molecule has 0 saturated carbocycles. The molecular weight excluding hydrogens is 265 g/mol. The molecule has 0 fully saturated rings. The molecule has 84 valence electrons. The molecule has 1 atom stereocenters. The Morgan fingerprint density at radius 3 is 2.81 bits per heavy atom. The van der Waals surface area contributed by atoms with Gasteiger partial charge in [0, 0.05) is 0 Å². The fourth-order valence-electron chi connectivity index (χ4n) is 1.51. The molecule has 1 aromatic heterocycles. The summed E-state index contributed by atoms with van der Waals surface area (Å²) in [6.07, 6.45) is 1.73. The predicted molar refractivity (Wildman–Crippen MR) is 67.3 cm³/mol. The van der Waals surface area contributed by atoms with E-state index in [-0.39, 0.29) is 6.04 Å². The maximum Gasteiger partial charge on any atom is 0.0958 e. The average molecular weight is 274 g/mol. The van der Waals surface area contributed by atoms with E-state index >= 15 is 0 Å². The van der Waals surface area contributed by atoms with Crippen LogP contribution in [0.3, 0.4) is 0 Å². The van der Waals surface area contributed by atoms with Crippen molar-refractivity contribution in [3.63, 3.8) is 0 Å². The highest BCUT2D eigenvalue weighted by Gasteiger charge is 2.18. The second kappa shape index (κ2) is 5.10. The molecule has 2 aromatic rings. The quantitative estimate of drug-likeness (QED) is 0.934. The van der Waals surface area contributed by atoms with Crippen LogP contribution in [0.25, 0.3) is 0 Å². The SMILES string of the molecule is CNC(c1cnsn1)c1cccc(Cl)c1Cl. The molecule has 1 aromatic carbocycles. The summed E-state index contributed by atoms with van der Waals surface area (Å²) < 4.78 is 8.18. The standard InChI is InChI=1S/C10H9Cl2N3S/c1-13-10(8-5-14-16-15-8)6-3-2-4-7(11)9(6)12/h2-5,10,13H,1H3. The Morgan fingerprint density at radius 1 is 1.38 bits per heavy atom. The molecule has 3 nitrogen and oxygen atoms in total. The minimum atomic E-state index is -0.0788. The summed E-state index contributed by atoms with van der Waals surface area (Å²) in [6.45, 7) is 0. The first-order valence-corrected chi connectivity index (χ1v) is 6.11. The maximum atomic E-state index is 6.17. The molecule has 0 aliphatic heterocycles. The fraction of sp³-hybridized carbons (Fsp3) is 0.200. The zero-order valence-electron chi connectivity index (χ0n) is 8.45. The Kier molecular flexibility index (Phi) is 3.76. The zero-order chi connectivity index (χ0) is 11.5. The van der Waals surface area contributed by atoms with Crippen molar-refractivity contribution in [2.24, 2.45) is 0 Å². The third-order valence-electron chi connectivity index (χ3n) is 2.26. The second-order valence-electron chi connectivity index (χ2n) is 3.20. The van der Waals surface area contributed by atoms with Crippen LogP contribution in [0.15, 0.2) is 24.4 Å². The van der Waals surface area contributed by atoms with Gasteiger partial charge < -0.3 is 5.32 Å². The first kappa shape index (κ1) is 11.8. The molecule has 0 aliphatic rings. The summed E-state index contributed by atoms with van der Waals surface area (Å²) >= 11 is 13.3. The second-order valence-corrected chi connectivity index (χ2v) is 4.54. The molecule has 1 heterocycles. The van der Waals surface area contributed by atoms with E-state index in [2.05, 4.69) is 14.1 Å². The van der Waals surface area contributed by atoms with Crippen LogP contribution in [-0.2, 0) is 0 Å². The van der Waals surface area contributed by atoms with Crippen LogP contribution >= 0.6 is 34.9 Å². The number of halogens is 2. The highest BCUT2D eigenvalue weighted by Crippen LogP contribution is 2.32. The summed E-state index contributed by atoms with van der Waals surface area (Å²) in [5.74, 6) is 0. The van der Waals surface area contributed by atoms with Gasteiger partial charge in [0.15, 0.2) is 0 Å². The lowest BCUT2D eigenvalue weighted by Crippen LogP contribution is -2.18. The van der Waals surface area contributed by atoms with Crippen LogP contribution in [0, 0.1) is 0 Å². The number of aromatic nitrogens is 2. The number of benzene rings is 1. The van der Waals surface area contributed by atoms with Crippen molar-refractivity contribution in [1.29, 1.82) is 0 Å². The third-order valence-corrected chi connectivity index (χ3v) is 3.58. The Labute approximate surface area is 108 Å². The lowest BCUT2D eigenvalue weighted by molar-refractivity contribution is 0.677. The van der Waals surface area contributed by atoms with Crippen molar-refractivity contribution in [1.82, 2.24) is 14.1 Å². The number of hydrogen-bond donors (Lipinski definition) is 1. The first-order chi connectivity index (χ1) is 7.74. The normalized spacial score (nSPS) is 12.7. The third kappa shape index (κ3) is 2.20. The molecule has 16 heavy (non-hydrogen) atoms. The smallest absolute Gasteiger partial charge is 0.0958 e. The Hall–Kier alpha value is -0.680. The monoisotopic (exact) mass is 273 g/mol. The van der Waals surface area contributed by atoms with Crippen LogP contribution in [-0.4, -0.2) is 15.8 Å². The van der Waals surface area contributed by atoms with Crippen molar-refractivity contribution < 1.29 is 0 Å². The fourth-order valence-corrected chi connectivity index (χ4v) is 2.37. The van der Waals surface area contributed by atoms with Gasteiger partial charge in [-0.3, -0.25) is 0 Å². The first-order valence-electron chi connectivity index (χ1n) is 4.62. The van der Waals surface area contributed by atoms with Crippen molar-refractivity contribution in [2.75, 3.05) is 7.05 Å². The van der Waals surface area contributed by atoms with Gasteiger partial charge in [0.05, 0.1) is 39.7 Å². The molecule has 0 spiro atoms. The molecule has 0 radical (unpaired) electrons. The Morgan fingerprint density at radius 2 is 2.19 bits per heavy atom. The summed E-state index contributed by atoms with van der Waals surface area (Å²) in [6, 6.07) is 5.48. The highest BCUT2D eigenvalue weighted by atomic mass is 35.5. The lowest BCUT2D eigenvalue weighted by atomic mass is 10.0. The number of nitrogens with zero attached hydrogens (tertiary/aromatic N) is 2. The van der Waals surface area contributed by atoms with Crippen LogP contribution in [0.2, 0.25) is 10.0 Å². The van der Waals surface area contributed by atoms with E-state index in [1.54, 1.807) is 12.3 Å². The van der Waals surface area contributed by atoms with E-state index in [4.69, 9.17) is 23.2 Å². The Bertz CT molecular complexity index is 473. The molecule has 0 amide bonds. The summed E-state index contributed by atoms with van der Waals surface area (Å²) in [7, 11) is 1.85. The molecular formula is C10H9Cl2N3S. The van der Waals surface area contributed by atoms with Gasteiger partial charge in [-0.15, -0.1) is 0 Å². The van der Waals surface area contributed by atoms with Gasteiger partial charge in [-0.1, -0.05) is 35.3 Å². The highest BCUT2D eigenvalue weighted by molar-refractivity contribution is 6.99. The van der Waals surface area contributed by atoms with Gasteiger partial charge in [0.2, 0.25) is 0 Å². The van der Waals surface area contributed by atoms with Crippen LogP contribution in [0.5, 0.6) is 0 Å². The molecule has 6 heteroatoms. The average Bonchev–Trinajstić information content (AvgIpc) is 2.79. The van der Waals surface area contributed by atoms with Gasteiger partial charge in [-0.25, -0.2) is 0 Å². The maximum absolute atomic E-state index is 6.17. The van der Waals surface area contributed by atoms with E-state index in [0.717, 1.165) is 11.3 Å². The van der Waals surface area contributed by atoms with Gasteiger partial charge in [-0.05, 0) is 18.7 Å². The number of hydrogen-bond acceptors (Lipinski definition) is 4. The van der Waals surface area contributed by atoms with E-state index < -0.39 is 0 Å². The van der Waals surface area contributed by atoms with Gasteiger partial charge >= 0.3 is 0 Å². The van der Waals surface area contributed by atoms with E-state index in [1.165, 1.54) is 11.7 Å².